The Morgan fingerprint density at radius 1 is 1.17 bits per heavy atom. The zero-order valence-electron chi connectivity index (χ0n) is 10.4. The van der Waals surface area contributed by atoms with Gasteiger partial charge in [-0.25, -0.2) is 0 Å². The van der Waals surface area contributed by atoms with Crippen molar-refractivity contribution in [2.24, 2.45) is 0 Å². The number of ether oxygens (including phenoxy) is 1. The molecule has 0 radical (unpaired) electrons. The second-order valence-electron chi connectivity index (χ2n) is 4.05. The second-order valence-corrected chi connectivity index (χ2v) is 4.05. The summed E-state index contributed by atoms with van der Waals surface area (Å²) in [5.41, 5.74) is 2.95. The van der Waals surface area contributed by atoms with E-state index in [-0.39, 0.29) is 5.75 Å². The van der Waals surface area contributed by atoms with Crippen molar-refractivity contribution in [1.82, 2.24) is 0 Å². The quantitative estimate of drug-likeness (QED) is 0.824. The third kappa shape index (κ3) is 2.38. The zero-order valence-corrected chi connectivity index (χ0v) is 10.4. The van der Waals surface area contributed by atoms with Gasteiger partial charge in [0.25, 0.3) is 0 Å². The van der Waals surface area contributed by atoms with E-state index in [1.807, 2.05) is 42.5 Å². The van der Waals surface area contributed by atoms with Crippen LogP contribution in [0.5, 0.6) is 11.5 Å². The Bertz CT molecular complexity index is 545. The maximum Gasteiger partial charge on any atom is 0.161 e. The Labute approximate surface area is 107 Å². The maximum atomic E-state index is 10.0. The number of hydrogen-bond acceptors (Lipinski definition) is 2. The van der Waals surface area contributed by atoms with Gasteiger partial charge in [0, 0.05) is 5.56 Å². The molecule has 0 saturated heterocycles. The van der Waals surface area contributed by atoms with E-state index in [0.29, 0.717) is 12.2 Å². The molecule has 0 aliphatic carbocycles. The van der Waals surface area contributed by atoms with Gasteiger partial charge >= 0.3 is 0 Å². The zero-order chi connectivity index (χ0) is 13.0. The van der Waals surface area contributed by atoms with Crippen LogP contribution in [-0.2, 0) is 6.42 Å². The monoisotopic (exact) mass is 240 g/mol. The second kappa shape index (κ2) is 5.41. The van der Waals surface area contributed by atoms with Crippen LogP contribution < -0.4 is 4.74 Å². The Balaban J connectivity index is 2.55. The van der Waals surface area contributed by atoms with E-state index in [9.17, 15) is 5.11 Å². The number of benzene rings is 2. The van der Waals surface area contributed by atoms with Crippen molar-refractivity contribution in [1.29, 1.82) is 0 Å². The van der Waals surface area contributed by atoms with Crippen LogP contribution in [0.3, 0.4) is 0 Å². The first-order chi connectivity index (χ1) is 8.76. The number of allylic oxidation sites excluding steroid dienone is 1. The summed E-state index contributed by atoms with van der Waals surface area (Å²) < 4.78 is 5.21. The van der Waals surface area contributed by atoms with Crippen LogP contribution in [-0.4, -0.2) is 12.2 Å². The number of methoxy groups -OCH3 is 1. The Hall–Kier alpha value is -2.22. The van der Waals surface area contributed by atoms with E-state index in [2.05, 4.69) is 6.58 Å². The first-order valence-corrected chi connectivity index (χ1v) is 5.82. The van der Waals surface area contributed by atoms with Crippen LogP contribution >= 0.6 is 0 Å². The number of phenols is 1. The average Bonchev–Trinajstić information content (AvgIpc) is 2.42. The molecule has 0 aliphatic heterocycles. The van der Waals surface area contributed by atoms with Gasteiger partial charge in [0.1, 0.15) is 0 Å². The number of aromatic hydroxyl groups is 1. The van der Waals surface area contributed by atoms with Gasteiger partial charge < -0.3 is 9.84 Å². The third-order valence-electron chi connectivity index (χ3n) is 2.85. The van der Waals surface area contributed by atoms with Gasteiger partial charge in [0.15, 0.2) is 11.5 Å². The van der Waals surface area contributed by atoms with Crippen LogP contribution in [0.1, 0.15) is 5.56 Å². The van der Waals surface area contributed by atoms with Crippen LogP contribution in [0, 0.1) is 0 Å². The first kappa shape index (κ1) is 12.2. The van der Waals surface area contributed by atoms with Gasteiger partial charge in [-0.3, -0.25) is 0 Å². The van der Waals surface area contributed by atoms with Crippen molar-refractivity contribution < 1.29 is 9.84 Å². The molecule has 2 nitrogen and oxygen atoms in total. The minimum atomic E-state index is 0.192. The molecule has 2 aromatic rings. The summed E-state index contributed by atoms with van der Waals surface area (Å²) >= 11 is 0. The molecular weight excluding hydrogens is 224 g/mol. The highest BCUT2D eigenvalue weighted by molar-refractivity contribution is 5.69. The lowest BCUT2D eigenvalue weighted by Gasteiger charge is -2.11. The fourth-order valence-corrected chi connectivity index (χ4v) is 1.93. The summed E-state index contributed by atoms with van der Waals surface area (Å²) in [7, 11) is 1.56. The van der Waals surface area contributed by atoms with E-state index in [1.54, 1.807) is 13.2 Å². The van der Waals surface area contributed by atoms with Crippen molar-refractivity contribution in [3.8, 4) is 22.6 Å². The molecule has 0 amide bonds. The third-order valence-corrected chi connectivity index (χ3v) is 2.85. The average molecular weight is 240 g/mol. The summed E-state index contributed by atoms with van der Waals surface area (Å²) in [4.78, 5) is 0. The molecule has 0 bridgehead atoms. The Morgan fingerprint density at radius 3 is 2.50 bits per heavy atom. The molecular formula is C16H16O2. The van der Waals surface area contributed by atoms with E-state index in [0.717, 1.165) is 16.7 Å². The van der Waals surface area contributed by atoms with Gasteiger partial charge in [0.05, 0.1) is 7.11 Å². The maximum absolute atomic E-state index is 10.0. The minimum Gasteiger partial charge on any atom is -0.504 e. The fraction of sp³-hybridized carbons (Fsp3) is 0.125. The van der Waals surface area contributed by atoms with Gasteiger partial charge in [-0.15, -0.1) is 6.58 Å². The van der Waals surface area contributed by atoms with E-state index in [4.69, 9.17) is 4.74 Å². The molecule has 0 atom stereocenters. The molecule has 1 N–H and O–H groups in total. The van der Waals surface area contributed by atoms with Gasteiger partial charge in [-0.1, -0.05) is 36.4 Å². The van der Waals surface area contributed by atoms with Gasteiger partial charge in [0.2, 0.25) is 0 Å². The predicted molar refractivity (Wildman–Crippen MR) is 74.0 cm³/mol. The Kier molecular flexibility index (Phi) is 3.68. The molecule has 0 aliphatic rings. The van der Waals surface area contributed by atoms with Crippen LogP contribution in [0.25, 0.3) is 11.1 Å². The molecule has 0 fully saturated rings. The van der Waals surface area contributed by atoms with Crippen LogP contribution in [0.2, 0.25) is 0 Å². The lowest BCUT2D eigenvalue weighted by Crippen LogP contribution is -1.91. The fourth-order valence-electron chi connectivity index (χ4n) is 1.93. The standard InChI is InChI=1S/C16H16O2/c1-3-7-13-10-14(11-15(18-2)16(13)17)12-8-5-4-6-9-12/h3-6,8-11,17H,1,7H2,2H3. The molecule has 0 saturated carbocycles. The van der Waals surface area contributed by atoms with Crippen molar-refractivity contribution in [2.45, 2.75) is 6.42 Å². The topological polar surface area (TPSA) is 29.5 Å². The number of rotatable bonds is 4. The van der Waals surface area contributed by atoms with E-state index >= 15 is 0 Å². The number of hydrogen-bond donors (Lipinski definition) is 1. The smallest absolute Gasteiger partial charge is 0.161 e. The van der Waals surface area contributed by atoms with Crippen molar-refractivity contribution >= 4 is 0 Å². The lowest BCUT2D eigenvalue weighted by atomic mass is 10.0. The van der Waals surface area contributed by atoms with Gasteiger partial charge in [-0.2, -0.15) is 0 Å². The molecule has 2 rings (SSSR count). The summed E-state index contributed by atoms with van der Waals surface area (Å²) in [6, 6.07) is 13.8. The lowest BCUT2D eigenvalue weighted by molar-refractivity contribution is 0.371. The van der Waals surface area contributed by atoms with E-state index < -0.39 is 0 Å². The molecule has 18 heavy (non-hydrogen) atoms. The molecule has 2 aromatic carbocycles. The highest BCUT2D eigenvalue weighted by Gasteiger charge is 2.10. The normalized spacial score (nSPS) is 10.1. The summed E-state index contributed by atoms with van der Waals surface area (Å²) in [5, 5.41) is 10.0. The molecule has 0 heterocycles. The van der Waals surface area contributed by atoms with Gasteiger partial charge in [-0.05, 0) is 29.7 Å². The predicted octanol–water partition coefficient (Wildman–Crippen LogP) is 3.80. The SMILES string of the molecule is C=CCc1cc(-c2ccccc2)cc(OC)c1O. The number of phenolic OH excluding ortho intramolecular Hbond substituents is 1. The minimum absolute atomic E-state index is 0.192. The summed E-state index contributed by atoms with van der Waals surface area (Å²) in [6.45, 7) is 3.70. The molecule has 0 spiro atoms. The molecule has 92 valence electrons. The highest BCUT2D eigenvalue weighted by atomic mass is 16.5. The summed E-state index contributed by atoms with van der Waals surface area (Å²) in [5.74, 6) is 0.685. The molecule has 0 aromatic heterocycles. The molecule has 2 heteroatoms. The van der Waals surface area contributed by atoms with Crippen molar-refractivity contribution in [2.75, 3.05) is 7.11 Å². The van der Waals surface area contributed by atoms with Crippen LogP contribution in [0.4, 0.5) is 0 Å². The van der Waals surface area contributed by atoms with Crippen molar-refractivity contribution in [3.05, 3.63) is 60.7 Å². The summed E-state index contributed by atoms with van der Waals surface area (Å²) in [6.07, 6.45) is 2.38. The van der Waals surface area contributed by atoms with Crippen molar-refractivity contribution in [3.63, 3.8) is 0 Å². The highest BCUT2D eigenvalue weighted by Crippen LogP contribution is 2.35. The van der Waals surface area contributed by atoms with Crippen LogP contribution in [0.15, 0.2) is 55.1 Å². The molecule has 0 unspecified atom stereocenters. The largest absolute Gasteiger partial charge is 0.504 e. The Morgan fingerprint density at radius 2 is 1.89 bits per heavy atom. The first-order valence-electron chi connectivity index (χ1n) is 5.82. The van der Waals surface area contributed by atoms with E-state index in [1.165, 1.54) is 0 Å².